The molecule has 0 aliphatic carbocycles. The van der Waals surface area contributed by atoms with E-state index in [-0.39, 0.29) is 11.4 Å². The summed E-state index contributed by atoms with van der Waals surface area (Å²) >= 11 is 5.89. The molecule has 142 valence electrons. The van der Waals surface area contributed by atoms with Gasteiger partial charge in [-0.1, -0.05) is 11.6 Å². The Morgan fingerprint density at radius 2 is 1.64 bits per heavy atom. The molecule has 0 aliphatic heterocycles. The van der Waals surface area contributed by atoms with Crippen LogP contribution in [0.1, 0.15) is 26.5 Å². The van der Waals surface area contributed by atoms with Crippen molar-refractivity contribution >= 4 is 23.5 Å². The Hall–Kier alpha value is -3.45. The predicted octanol–water partition coefficient (Wildman–Crippen LogP) is 3.20. The highest BCUT2D eigenvalue weighted by molar-refractivity contribution is 6.30. The van der Waals surface area contributed by atoms with Crippen LogP contribution >= 0.6 is 11.6 Å². The number of nitrogens with zero attached hydrogens (tertiary/aromatic N) is 2. The Kier molecular flexibility index (Phi) is 5.56. The minimum absolute atomic E-state index is 0.164. The van der Waals surface area contributed by atoms with Crippen LogP contribution in [-0.2, 0) is 4.74 Å². The zero-order chi connectivity index (χ0) is 20.3. The minimum Gasteiger partial charge on any atom is -0.465 e. The summed E-state index contributed by atoms with van der Waals surface area (Å²) in [5.74, 6) is -1.25. The van der Waals surface area contributed by atoms with Gasteiger partial charge in [0.15, 0.2) is 0 Å². The molecule has 3 rings (SSSR count). The van der Waals surface area contributed by atoms with Crippen molar-refractivity contribution in [2.45, 2.75) is 6.92 Å². The number of carbonyl (C=O) groups excluding carboxylic acids is 2. The SMILES string of the molecule is COC(=O)c1ccc(OC(=O)c2nn(-c3ccc(Cl)cc3)c(C)cc2=O)cc1. The first-order valence-electron chi connectivity index (χ1n) is 8.16. The molecule has 2 aromatic carbocycles. The fourth-order valence-corrected chi connectivity index (χ4v) is 2.59. The van der Waals surface area contributed by atoms with Crippen LogP contribution in [0.5, 0.6) is 5.75 Å². The van der Waals surface area contributed by atoms with Crippen LogP contribution in [0.4, 0.5) is 0 Å². The molecule has 1 aromatic heterocycles. The highest BCUT2D eigenvalue weighted by Gasteiger charge is 2.18. The molecule has 0 unspecified atom stereocenters. The van der Waals surface area contributed by atoms with Gasteiger partial charge in [-0.15, -0.1) is 0 Å². The molecular weight excluding hydrogens is 384 g/mol. The molecule has 0 atom stereocenters. The molecule has 1 heterocycles. The first kappa shape index (κ1) is 19.3. The second kappa shape index (κ2) is 8.06. The molecule has 7 nitrogen and oxygen atoms in total. The van der Waals surface area contributed by atoms with Crippen LogP contribution in [0.15, 0.2) is 59.4 Å². The summed E-state index contributed by atoms with van der Waals surface area (Å²) in [6, 6.07) is 13.8. The van der Waals surface area contributed by atoms with Gasteiger partial charge >= 0.3 is 11.9 Å². The Morgan fingerprint density at radius 1 is 1.00 bits per heavy atom. The molecule has 0 spiro atoms. The average molecular weight is 399 g/mol. The van der Waals surface area contributed by atoms with Gasteiger partial charge in [0.2, 0.25) is 11.1 Å². The van der Waals surface area contributed by atoms with Gasteiger partial charge in [0.1, 0.15) is 5.75 Å². The third kappa shape index (κ3) is 4.10. The van der Waals surface area contributed by atoms with Crippen LogP contribution in [0, 0.1) is 6.92 Å². The van der Waals surface area contributed by atoms with E-state index in [0.29, 0.717) is 22.0 Å². The van der Waals surface area contributed by atoms with Gasteiger partial charge in [-0.05, 0) is 55.5 Å². The topological polar surface area (TPSA) is 87.5 Å². The number of methoxy groups -OCH3 is 1. The molecule has 0 saturated heterocycles. The summed E-state index contributed by atoms with van der Waals surface area (Å²) in [5, 5.41) is 4.69. The number of hydrogen-bond acceptors (Lipinski definition) is 6. The monoisotopic (exact) mass is 398 g/mol. The maximum Gasteiger partial charge on any atom is 0.368 e. The second-order valence-electron chi connectivity index (χ2n) is 5.79. The quantitative estimate of drug-likeness (QED) is 0.495. The van der Waals surface area contributed by atoms with Gasteiger partial charge in [0.25, 0.3) is 0 Å². The minimum atomic E-state index is -0.904. The number of aromatic nitrogens is 2. The molecule has 0 fully saturated rings. The Balaban J connectivity index is 1.89. The lowest BCUT2D eigenvalue weighted by atomic mass is 10.2. The van der Waals surface area contributed by atoms with Crippen LogP contribution < -0.4 is 10.2 Å². The summed E-state index contributed by atoms with van der Waals surface area (Å²) in [4.78, 5) is 36.1. The van der Waals surface area contributed by atoms with Gasteiger partial charge in [-0.25, -0.2) is 14.3 Å². The van der Waals surface area contributed by atoms with Crippen LogP contribution in [0.2, 0.25) is 5.02 Å². The van der Waals surface area contributed by atoms with Crippen molar-refractivity contribution in [1.29, 1.82) is 0 Å². The second-order valence-corrected chi connectivity index (χ2v) is 6.23. The number of benzene rings is 2. The average Bonchev–Trinajstić information content (AvgIpc) is 2.69. The standard InChI is InChI=1S/C20H15ClN2O5/c1-12-11-17(24)18(22-23(12)15-7-5-14(21)6-8-15)20(26)28-16-9-3-13(4-10-16)19(25)27-2/h3-11H,1-2H3. The maximum atomic E-state index is 12.4. The third-order valence-electron chi connectivity index (χ3n) is 3.86. The molecule has 0 aliphatic rings. The zero-order valence-corrected chi connectivity index (χ0v) is 15.8. The summed E-state index contributed by atoms with van der Waals surface area (Å²) in [7, 11) is 1.27. The van der Waals surface area contributed by atoms with Crippen molar-refractivity contribution in [3.05, 3.63) is 86.8 Å². The van der Waals surface area contributed by atoms with Gasteiger partial charge < -0.3 is 9.47 Å². The predicted molar refractivity (Wildman–Crippen MR) is 102 cm³/mol. The normalized spacial score (nSPS) is 10.4. The summed E-state index contributed by atoms with van der Waals surface area (Å²) < 4.78 is 11.3. The molecule has 0 bridgehead atoms. The largest absolute Gasteiger partial charge is 0.465 e. The van der Waals surface area contributed by atoms with Crippen molar-refractivity contribution in [1.82, 2.24) is 9.78 Å². The molecule has 0 saturated carbocycles. The summed E-state index contributed by atoms with van der Waals surface area (Å²) in [5.41, 5.74) is 0.571. The molecule has 0 N–H and O–H groups in total. The number of carbonyl (C=O) groups is 2. The highest BCUT2D eigenvalue weighted by atomic mass is 35.5. The number of esters is 2. The van der Waals surface area contributed by atoms with E-state index in [9.17, 15) is 14.4 Å². The zero-order valence-electron chi connectivity index (χ0n) is 15.0. The van der Waals surface area contributed by atoms with E-state index in [2.05, 4.69) is 9.84 Å². The molecule has 8 heteroatoms. The van der Waals surface area contributed by atoms with Gasteiger partial charge in [-0.3, -0.25) is 4.79 Å². The Labute approximate surface area is 165 Å². The van der Waals surface area contributed by atoms with Crippen LogP contribution in [-0.4, -0.2) is 28.8 Å². The smallest absolute Gasteiger partial charge is 0.368 e. The van der Waals surface area contributed by atoms with E-state index in [1.54, 1.807) is 31.2 Å². The van der Waals surface area contributed by atoms with Crippen molar-refractivity contribution in [2.75, 3.05) is 7.11 Å². The molecule has 28 heavy (non-hydrogen) atoms. The first-order valence-corrected chi connectivity index (χ1v) is 8.54. The van der Waals surface area contributed by atoms with Crippen molar-refractivity contribution in [2.24, 2.45) is 0 Å². The van der Waals surface area contributed by atoms with Crippen molar-refractivity contribution in [3.63, 3.8) is 0 Å². The number of halogens is 1. The molecule has 0 amide bonds. The van der Waals surface area contributed by atoms with E-state index in [1.807, 2.05) is 0 Å². The number of ether oxygens (including phenoxy) is 2. The Morgan fingerprint density at radius 3 is 2.25 bits per heavy atom. The van der Waals surface area contributed by atoms with Crippen LogP contribution in [0.25, 0.3) is 5.69 Å². The maximum absolute atomic E-state index is 12.4. The number of hydrogen-bond donors (Lipinski definition) is 0. The number of rotatable bonds is 4. The van der Waals surface area contributed by atoms with Gasteiger partial charge in [-0.2, -0.15) is 5.10 Å². The lowest BCUT2D eigenvalue weighted by molar-refractivity contribution is 0.0600. The van der Waals surface area contributed by atoms with Gasteiger partial charge in [0.05, 0.1) is 18.4 Å². The Bertz CT molecular complexity index is 1090. The van der Waals surface area contributed by atoms with E-state index in [4.69, 9.17) is 16.3 Å². The molecule has 0 radical (unpaired) electrons. The summed E-state index contributed by atoms with van der Waals surface area (Å²) in [6.45, 7) is 1.70. The fraction of sp³-hybridized carbons (Fsp3) is 0.100. The van der Waals surface area contributed by atoms with Gasteiger partial charge in [0, 0.05) is 16.8 Å². The highest BCUT2D eigenvalue weighted by Crippen LogP contribution is 2.16. The lowest BCUT2D eigenvalue weighted by Gasteiger charge is -2.11. The third-order valence-corrected chi connectivity index (χ3v) is 4.11. The van der Waals surface area contributed by atoms with Crippen LogP contribution in [0.3, 0.4) is 0 Å². The number of aryl methyl sites for hydroxylation is 1. The first-order chi connectivity index (χ1) is 13.4. The van der Waals surface area contributed by atoms with E-state index >= 15 is 0 Å². The summed E-state index contributed by atoms with van der Waals surface area (Å²) in [6.07, 6.45) is 0. The van der Waals surface area contributed by atoms with E-state index in [0.717, 1.165) is 0 Å². The van der Waals surface area contributed by atoms with E-state index in [1.165, 1.54) is 42.1 Å². The van der Waals surface area contributed by atoms with Crippen molar-refractivity contribution < 1.29 is 19.1 Å². The van der Waals surface area contributed by atoms with Crippen molar-refractivity contribution in [3.8, 4) is 11.4 Å². The lowest BCUT2D eigenvalue weighted by Crippen LogP contribution is -2.25. The fourth-order valence-electron chi connectivity index (χ4n) is 2.46. The van der Waals surface area contributed by atoms with E-state index < -0.39 is 17.4 Å². The molecular formula is C20H15ClN2O5. The molecule has 3 aromatic rings.